The Morgan fingerprint density at radius 3 is 2.82 bits per heavy atom. The predicted molar refractivity (Wildman–Crippen MR) is 69.1 cm³/mol. The van der Waals surface area contributed by atoms with Crippen molar-refractivity contribution >= 4 is 23.1 Å². The van der Waals surface area contributed by atoms with E-state index in [0.717, 1.165) is 25.3 Å². The van der Waals surface area contributed by atoms with Gasteiger partial charge in [0, 0.05) is 24.9 Å². The summed E-state index contributed by atoms with van der Waals surface area (Å²) in [6, 6.07) is 5.96. The van der Waals surface area contributed by atoms with E-state index >= 15 is 0 Å². The molecular weight excluding hydrogens is 238 g/mol. The lowest BCUT2D eigenvalue weighted by molar-refractivity contribution is 0.101. The largest absolute Gasteiger partial charge is 0.379 e. The van der Waals surface area contributed by atoms with Crippen LogP contribution >= 0.6 is 11.6 Å². The van der Waals surface area contributed by atoms with Crippen molar-refractivity contribution in [2.24, 2.45) is 0 Å². The molecular formula is C13H16ClNO2. The zero-order valence-electron chi connectivity index (χ0n) is 10.1. The summed E-state index contributed by atoms with van der Waals surface area (Å²) in [5, 5.41) is 0.515. The van der Waals surface area contributed by atoms with Gasteiger partial charge in [0.15, 0.2) is 5.78 Å². The smallest absolute Gasteiger partial charge is 0.161 e. The number of halogens is 1. The van der Waals surface area contributed by atoms with Gasteiger partial charge in [-0.05, 0) is 31.5 Å². The number of rotatable bonds is 3. The molecule has 4 heteroatoms. The van der Waals surface area contributed by atoms with Crippen LogP contribution in [0.4, 0.5) is 5.69 Å². The second-order valence-corrected chi connectivity index (χ2v) is 4.76. The minimum atomic E-state index is -0.00611. The summed E-state index contributed by atoms with van der Waals surface area (Å²) in [5.41, 5.74) is 1.60. The third kappa shape index (κ3) is 2.61. The number of ether oxygens (including phenoxy) is 1. The van der Waals surface area contributed by atoms with Crippen molar-refractivity contribution in [3.63, 3.8) is 0 Å². The summed E-state index contributed by atoms with van der Waals surface area (Å²) in [6.07, 6.45) is 1.03. The van der Waals surface area contributed by atoms with Gasteiger partial charge in [0.25, 0.3) is 0 Å². The van der Waals surface area contributed by atoms with Crippen LogP contribution in [0.2, 0.25) is 5.02 Å². The van der Waals surface area contributed by atoms with Gasteiger partial charge in [-0.25, -0.2) is 0 Å². The Morgan fingerprint density at radius 1 is 1.53 bits per heavy atom. The maximum Gasteiger partial charge on any atom is 0.161 e. The van der Waals surface area contributed by atoms with Gasteiger partial charge in [0.05, 0.1) is 17.7 Å². The van der Waals surface area contributed by atoms with Gasteiger partial charge in [-0.3, -0.25) is 4.79 Å². The van der Waals surface area contributed by atoms with E-state index in [0.29, 0.717) is 16.6 Å². The van der Waals surface area contributed by atoms with Crippen LogP contribution in [0.5, 0.6) is 0 Å². The number of likely N-dealkylation sites (N-methyl/N-ethyl adjacent to an activating group) is 1. The number of carbonyl (C=O) groups is 1. The molecule has 1 aromatic carbocycles. The van der Waals surface area contributed by atoms with E-state index in [1.165, 1.54) is 6.92 Å². The van der Waals surface area contributed by atoms with Crippen LogP contribution in [0.1, 0.15) is 23.7 Å². The number of hydrogen-bond acceptors (Lipinski definition) is 3. The molecule has 1 saturated heterocycles. The lowest BCUT2D eigenvalue weighted by atomic mass is 10.1. The van der Waals surface area contributed by atoms with Crippen molar-refractivity contribution in [1.29, 1.82) is 0 Å². The first-order chi connectivity index (χ1) is 8.09. The monoisotopic (exact) mass is 253 g/mol. The predicted octanol–water partition coefficient (Wildman–Crippen LogP) is 2.77. The number of nitrogens with zero attached hydrogens (tertiary/aromatic N) is 1. The zero-order valence-corrected chi connectivity index (χ0v) is 10.8. The molecule has 0 amide bonds. The first-order valence-corrected chi connectivity index (χ1v) is 6.08. The highest BCUT2D eigenvalue weighted by atomic mass is 35.5. The highest BCUT2D eigenvalue weighted by molar-refractivity contribution is 6.34. The molecule has 1 aliphatic rings. The van der Waals surface area contributed by atoms with Gasteiger partial charge in [-0.2, -0.15) is 0 Å². The molecule has 2 rings (SSSR count). The molecule has 17 heavy (non-hydrogen) atoms. The van der Waals surface area contributed by atoms with Crippen molar-refractivity contribution in [2.75, 3.05) is 25.2 Å². The molecule has 1 atom stereocenters. The second kappa shape index (κ2) is 5.07. The molecule has 0 spiro atoms. The van der Waals surface area contributed by atoms with Crippen LogP contribution in [-0.4, -0.2) is 32.1 Å². The molecule has 3 nitrogen and oxygen atoms in total. The van der Waals surface area contributed by atoms with Crippen LogP contribution in [0.3, 0.4) is 0 Å². The number of Topliss-reactive ketones (excluding diaryl/α,β-unsaturated/α-hetero) is 1. The van der Waals surface area contributed by atoms with Gasteiger partial charge in [0.1, 0.15) is 0 Å². The topological polar surface area (TPSA) is 29.5 Å². The number of benzene rings is 1. The Balaban J connectivity index is 2.21. The minimum absolute atomic E-state index is 0.00611. The molecule has 1 aromatic rings. The first-order valence-electron chi connectivity index (χ1n) is 5.70. The van der Waals surface area contributed by atoms with E-state index in [1.54, 1.807) is 6.07 Å². The normalized spacial score (nSPS) is 19.4. The average Bonchev–Trinajstić information content (AvgIpc) is 2.80. The Labute approximate surface area is 106 Å². The molecule has 0 saturated carbocycles. The van der Waals surface area contributed by atoms with Gasteiger partial charge < -0.3 is 9.64 Å². The van der Waals surface area contributed by atoms with Crippen molar-refractivity contribution in [1.82, 2.24) is 0 Å². The number of anilines is 1. The van der Waals surface area contributed by atoms with Crippen LogP contribution in [-0.2, 0) is 4.74 Å². The fourth-order valence-corrected chi connectivity index (χ4v) is 2.36. The van der Waals surface area contributed by atoms with E-state index < -0.39 is 0 Å². The Bertz CT molecular complexity index is 427. The van der Waals surface area contributed by atoms with E-state index in [2.05, 4.69) is 4.90 Å². The summed E-state index contributed by atoms with van der Waals surface area (Å²) in [5.74, 6) is -0.00611. The molecule has 1 unspecified atom stereocenters. The van der Waals surface area contributed by atoms with Gasteiger partial charge in [-0.15, -0.1) is 0 Å². The summed E-state index contributed by atoms with van der Waals surface area (Å²) < 4.78 is 5.36. The van der Waals surface area contributed by atoms with Gasteiger partial charge in [0.2, 0.25) is 0 Å². The molecule has 1 heterocycles. The van der Waals surface area contributed by atoms with Gasteiger partial charge >= 0.3 is 0 Å². The van der Waals surface area contributed by atoms with Crippen molar-refractivity contribution in [2.45, 2.75) is 19.4 Å². The summed E-state index contributed by atoms with van der Waals surface area (Å²) >= 11 is 6.10. The molecule has 0 aliphatic carbocycles. The highest BCUT2D eigenvalue weighted by Gasteiger charge is 2.21. The van der Waals surface area contributed by atoms with Crippen LogP contribution in [0.15, 0.2) is 18.2 Å². The maximum atomic E-state index is 11.3. The lowest BCUT2D eigenvalue weighted by Gasteiger charge is -2.25. The SMILES string of the molecule is CC(=O)c1ccc(N(C)C2CCOC2)cc1Cl. The molecule has 1 aliphatic heterocycles. The highest BCUT2D eigenvalue weighted by Crippen LogP contribution is 2.26. The van der Waals surface area contributed by atoms with Gasteiger partial charge in [-0.1, -0.05) is 11.6 Å². The molecule has 92 valence electrons. The molecule has 0 radical (unpaired) electrons. The van der Waals surface area contributed by atoms with E-state index in [9.17, 15) is 4.79 Å². The van der Waals surface area contributed by atoms with Crippen LogP contribution < -0.4 is 4.90 Å². The molecule has 0 aromatic heterocycles. The van der Waals surface area contributed by atoms with E-state index in [1.807, 2.05) is 19.2 Å². The van der Waals surface area contributed by atoms with Crippen molar-refractivity contribution < 1.29 is 9.53 Å². The third-order valence-electron chi connectivity index (χ3n) is 3.19. The van der Waals surface area contributed by atoms with E-state index in [-0.39, 0.29) is 5.78 Å². The summed E-state index contributed by atoms with van der Waals surface area (Å²) in [6.45, 7) is 3.09. The second-order valence-electron chi connectivity index (χ2n) is 4.35. The van der Waals surface area contributed by atoms with E-state index in [4.69, 9.17) is 16.3 Å². The fraction of sp³-hybridized carbons (Fsp3) is 0.462. The number of ketones is 1. The fourth-order valence-electron chi connectivity index (χ4n) is 2.05. The number of carbonyl (C=O) groups excluding carboxylic acids is 1. The maximum absolute atomic E-state index is 11.3. The third-order valence-corrected chi connectivity index (χ3v) is 3.51. The summed E-state index contributed by atoms with van der Waals surface area (Å²) in [7, 11) is 2.03. The lowest BCUT2D eigenvalue weighted by Crippen LogP contribution is -2.31. The Morgan fingerprint density at radius 2 is 2.29 bits per heavy atom. The quantitative estimate of drug-likeness (QED) is 0.776. The van der Waals surface area contributed by atoms with Crippen molar-refractivity contribution in [3.05, 3.63) is 28.8 Å². The van der Waals surface area contributed by atoms with Crippen LogP contribution in [0.25, 0.3) is 0 Å². The average molecular weight is 254 g/mol. The molecule has 0 bridgehead atoms. The Hall–Kier alpha value is -1.06. The number of hydrogen-bond donors (Lipinski definition) is 0. The minimum Gasteiger partial charge on any atom is -0.379 e. The Kier molecular flexibility index (Phi) is 3.69. The first kappa shape index (κ1) is 12.4. The standard InChI is InChI=1S/C13H16ClNO2/c1-9(16)12-4-3-10(7-13(12)14)15(2)11-5-6-17-8-11/h3-4,7,11H,5-6,8H2,1-2H3. The zero-order chi connectivity index (χ0) is 12.4. The van der Waals surface area contributed by atoms with Crippen molar-refractivity contribution in [3.8, 4) is 0 Å². The molecule has 1 fully saturated rings. The summed E-state index contributed by atoms with van der Waals surface area (Å²) in [4.78, 5) is 13.4. The molecule has 0 N–H and O–H groups in total. The van der Waals surface area contributed by atoms with Crippen LogP contribution in [0, 0.1) is 0 Å².